The van der Waals surface area contributed by atoms with Gasteiger partial charge in [-0.3, -0.25) is 4.79 Å². The Kier molecular flexibility index (Phi) is 6.06. The molecule has 21 heavy (non-hydrogen) atoms. The maximum absolute atomic E-state index is 11.9. The van der Waals surface area contributed by atoms with E-state index in [0.717, 1.165) is 16.9 Å². The molecule has 0 radical (unpaired) electrons. The zero-order valence-corrected chi connectivity index (χ0v) is 12.9. The molecule has 0 unspecified atom stereocenters. The standard InChI is InChI=1S/C13H14ClN3O3S/c1-19-5-6-20-8-9-3-2-4-10(7-9)15-11(18)12-16-17-13(14)21-12/h2-4,7H,5-6,8H2,1H3,(H,15,18). The molecular formula is C13H14ClN3O3S. The van der Waals surface area contributed by atoms with Crippen LogP contribution in [0, 0.1) is 0 Å². The summed E-state index contributed by atoms with van der Waals surface area (Å²) in [5.74, 6) is -0.336. The van der Waals surface area contributed by atoms with Gasteiger partial charge in [-0.25, -0.2) is 0 Å². The third-order valence-electron chi connectivity index (χ3n) is 2.48. The quantitative estimate of drug-likeness (QED) is 0.791. The van der Waals surface area contributed by atoms with Gasteiger partial charge in [0.25, 0.3) is 5.91 Å². The minimum absolute atomic E-state index is 0.224. The molecule has 0 spiro atoms. The van der Waals surface area contributed by atoms with Crippen LogP contribution < -0.4 is 5.32 Å². The molecule has 1 amide bonds. The largest absolute Gasteiger partial charge is 0.382 e. The minimum atomic E-state index is -0.336. The zero-order chi connectivity index (χ0) is 15.1. The highest BCUT2D eigenvalue weighted by atomic mass is 35.5. The highest BCUT2D eigenvalue weighted by Crippen LogP contribution is 2.17. The molecule has 1 aromatic carbocycles. The summed E-state index contributed by atoms with van der Waals surface area (Å²) in [6, 6.07) is 7.40. The van der Waals surface area contributed by atoms with E-state index in [0.29, 0.717) is 25.5 Å². The van der Waals surface area contributed by atoms with Gasteiger partial charge in [0.15, 0.2) is 0 Å². The molecule has 112 valence electrons. The molecule has 1 N–H and O–H groups in total. The fourth-order valence-electron chi connectivity index (χ4n) is 1.55. The van der Waals surface area contributed by atoms with Gasteiger partial charge >= 0.3 is 0 Å². The predicted octanol–water partition coefficient (Wildman–Crippen LogP) is 2.61. The summed E-state index contributed by atoms with van der Waals surface area (Å²) < 4.78 is 10.6. The summed E-state index contributed by atoms with van der Waals surface area (Å²) in [5, 5.41) is 10.3. The van der Waals surface area contributed by atoms with Gasteiger partial charge in [-0.15, -0.1) is 10.2 Å². The Morgan fingerprint density at radius 1 is 1.38 bits per heavy atom. The van der Waals surface area contributed by atoms with E-state index in [9.17, 15) is 4.79 Å². The van der Waals surface area contributed by atoms with Gasteiger partial charge in [0.1, 0.15) is 0 Å². The van der Waals surface area contributed by atoms with E-state index < -0.39 is 0 Å². The Balaban J connectivity index is 1.92. The Morgan fingerprint density at radius 2 is 2.24 bits per heavy atom. The van der Waals surface area contributed by atoms with Crippen molar-refractivity contribution in [2.75, 3.05) is 25.6 Å². The van der Waals surface area contributed by atoms with Crippen molar-refractivity contribution in [3.63, 3.8) is 0 Å². The van der Waals surface area contributed by atoms with Gasteiger partial charge in [-0.2, -0.15) is 0 Å². The normalized spacial score (nSPS) is 10.6. The number of hydrogen-bond donors (Lipinski definition) is 1. The third kappa shape index (κ3) is 5.05. The van der Waals surface area contributed by atoms with Crippen molar-refractivity contribution in [2.24, 2.45) is 0 Å². The number of rotatable bonds is 7. The van der Waals surface area contributed by atoms with E-state index in [1.165, 1.54) is 0 Å². The lowest BCUT2D eigenvalue weighted by molar-refractivity contribution is 0.0617. The molecule has 0 bridgehead atoms. The molecule has 1 heterocycles. The Morgan fingerprint density at radius 3 is 2.95 bits per heavy atom. The lowest BCUT2D eigenvalue weighted by Crippen LogP contribution is -2.11. The van der Waals surface area contributed by atoms with E-state index in [4.69, 9.17) is 21.1 Å². The van der Waals surface area contributed by atoms with Crippen LogP contribution >= 0.6 is 22.9 Å². The molecule has 0 aliphatic carbocycles. The van der Waals surface area contributed by atoms with Crippen LogP contribution in [-0.4, -0.2) is 36.4 Å². The second kappa shape index (κ2) is 8.04. The van der Waals surface area contributed by atoms with E-state index >= 15 is 0 Å². The number of carbonyl (C=O) groups excluding carboxylic acids is 1. The lowest BCUT2D eigenvalue weighted by atomic mass is 10.2. The second-order valence-corrected chi connectivity index (χ2v) is 5.62. The van der Waals surface area contributed by atoms with Crippen LogP contribution in [0.15, 0.2) is 24.3 Å². The fourth-order valence-corrected chi connectivity index (χ4v) is 2.28. The van der Waals surface area contributed by atoms with Gasteiger partial charge in [0, 0.05) is 12.8 Å². The number of halogens is 1. The number of aromatic nitrogens is 2. The molecule has 0 saturated carbocycles. The maximum Gasteiger partial charge on any atom is 0.286 e. The first-order chi connectivity index (χ1) is 10.2. The van der Waals surface area contributed by atoms with Crippen molar-refractivity contribution in [2.45, 2.75) is 6.61 Å². The van der Waals surface area contributed by atoms with Crippen molar-refractivity contribution >= 4 is 34.5 Å². The highest BCUT2D eigenvalue weighted by Gasteiger charge is 2.12. The zero-order valence-electron chi connectivity index (χ0n) is 11.3. The average Bonchev–Trinajstić information content (AvgIpc) is 2.91. The van der Waals surface area contributed by atoms with Crippen LogP contribution in [-0.2, 0) is 16.1 Å². The highest BCUT2D eigenvalue weighted by molar-refractivity contribution is 7.17. The van der Waals surface area contributed by atoms with E-state index in [1.807, 2.05) is 18.2 Å². The van der Waals surface area contributed by atoms with Crippen LogP contribution in [0.3, 0.4) is 0 Å². The van der Waals surface area contributed by atoms with Gasteiger partial charge < -0.3 is 14.8 Å². The predicted molar refractivity (Wildman–Crippen MR) is 80.8 cm³/mol. The lowest BCUT2D eigenvalue weighted by Gasteiger charge is -2.07. The maximum atomic E-state index is 11.9. The van der Waals surface area contributed by atoms with Crippen LogP contribution in [0.4, 0.5) is 5.69 Å². The molecule has 6 nitrogen and oxygen atoms in total. The first-order valence-corrected chi connectivity index (χ1v) is 7.34. The molecule has 0 fully saturated rings. The number of ether oxygens (including phenoxy) is 2. The van der Waals surface area contributed by atoms with E-state index in [2.05, 4.69) is 15.5 Å². The number of methoxy groups -OCH3 is 1. The molecule has 8 heteroatoms. The summed E-state index contributed by atoms with van der Waals surface area (Å²) in [5.41, 5.74) is 1.62. The van der Waals surface area contributed by atoms with Crippen molar-refractivity contribution in [1.29, 1.82) is 0 Å². The average molecular weight is 328 g/mol. The van der Waals surface area contributed by atoms with Crippen molar-refractivity contribution < 1.29 is 14.3 Å². The van der Waals surface area contributed by atoms with Crippen LogP contribution in [0.2, 0.25) is 4.47 Å². The molecule has 0 aliphatic heterocycles. The topological polar surface area (TPSA) is 73.3 Å². The van der Waals surface area contributed by atoms with Gasteiger partial charge in [-0.05, 0) is 29.3 Å². The van der Waals surface area contributed by atoms with Crippen molar-refractivity contribution in [1.82, 2.24) is 10.2 Å². The fraction of sp³-hybridized carbons (Fsp3) is 0.308. The van der Waals surface area contributed by atoms with E-state index in [-0.39, 0.29) is 15.4 Å². The van der Waals surface area contributed by atoms with Crippen LogP contribution in [0.1, 0.15) is 15.4 Å². The number of nitrogens with one attached hydrogen (secondary N) is 1. The molecule has 0 saturated heterocycles. The number of anilines is 1. The number of benzene rings is 1. The number of amides is 1. The Hall–Kier alpha value is -1.54. The first-order valence-electron chi connectivity index (χ1n) is 6.15. The van der Waals surface area contributed by atoms with Gasteiger partial charge in [0.2, 0.25) is 9.47 Å². The van der Waals surface area contributed by atoms with Gasteiger partial charge in [-0.1, -0.05) is 23.5 Å². The molecule has 2 aromatic rings. The Labute approximate surface area is 131 Å². The second-order valence-electron chi connectivity index (χ2n) is 4.06. The third-order valence-corrected chi connectivity index (χ3v) is 3.50. The molecule has 1 aromatic heterocycles. The van der Waals surface area contributed by atoms with Crippen molar-refractivity contribution in [3.8, 4) is 0 Å². The smallest absolute Gasteiger partial charge is 0.286 e. The summed E-state index contributed by atoms with van der Waals surface area (Å²) in [6.45, 7) is 1.53. The van der Waals surface area contributed by atoms with E-state index in [1.54, 1.807) is 13.2 Å². The van der Waals surface area contributed by atoms with Crippen molar-refractivity contribution in [3.05, 3.63) is 39.3 Å². The summed E-state index contributed by atoms with van der Waals surface area (Å²) in [4.78, 5) is 11.9. The van der Waals surface area contributed by atoms with Crippen LogP contribution in [0.25, 0.3) is 0 Å². The monoisotopic (exact) mass is 327 g/mol. The molecular weight excluding hydrogens is 314 g/mol. The SMILES string of the molecule is COCCOCc1cccc(NC(=O)c2nnc(Cl)s2)c1. The number of carbonyl (C=O) groups is 1. The first kappa shape index (κ1) is 15.8. The summed E-state index contributed by atoms with van der Waals surface area (Å²) >= 11 is 6.68. The summed E-state index contributed by atoms with van der Waals surface area (Å²) in [7, 11) is 1.62. The van der Waals surface area contributed by atoms with Crippen LogP contribution in [0.5, 0.6) is 0 Å². The molecule has 2 rings (SSSR count). The number of nitrogens with zero attached hydrogens (tertiary/aromatic N) is 2. The molecule has 0 aliphatic rings. The van der Waals surface area contributed by atoms with Gasteiger partial charge in [0.05, 0.1) is 19.8 Å². The minimum Gasteiger partial charge on any atom is -0.382 e. The summed E-state index contributed by atoms with van der Waals surface area (Å²) in [6.07, 6.45) is 0. The Bertz CT molecular complexity index is 606. The molecule has 0 atom stereocenters. The number of hydrogen-bond acceptors (Lipinski definition) is 6.